The summed E-state index contributed by atoms with van der Waals surface area (Å²) in [5, 5.41) is 2.64. The maximum absolute atomic E-state index is 13.2. The number of nitrogens with one attached hydrogen (secondary N) is 2. The number of amides is 1. The van der Waals surface area contributed by atoms with Crippen molar-refractivity contribution < 1.29 is 18.9 Å². The number of carbonyl (C=O) groups excluding carboxylic acids is 2. The van der Waals surface area contributed by atoms with E-state index in [1.165, 1.54) is 18.2 Å². The van der Waals surface area contributed by atoms with Crippen molar-refractivity contribution >= 4 is 17.4 Å². The molecular weight excluding hydrogens is 333 g/mol. The molecule has 0 saturated carbocycles. The maximum Gasteiger partial charge on any atom is 0.279 e. The summed E-state index contributed by atoms with van der Waals surface area (Å²) in [6, 6.07) is 7.60. The van der Waals surface area contributed by atoms with Gasteiger partial charge in [-0.05, 0) is 38.1 Å². The van der Waals surface area contributed by atoms with Gasteiger partial charge >= 0.3 is 0 Å². The molecule has 0 radical (unpaired) electrons. The fourth-order valence-electron chi connectivity index (χ4n) is 2.97. The molecule has 6 heteroatoms. The largest absolute Gasteiger partial charge is 0.345 e. The number of likely N-dealkylation sites (N-methyl/N-ethyl adjacent to an activating group) is 1. The van der Waals surface area contributed by atoms with Crippen LogP contribution in [0, 0.1) is 19.7 Å². The lowest BCUT2D eigenvalue weighted by atomic mass is 10.1. The van der Waals surface area contributed by atoms with Gasteiger partial charge in [0.15, 0.2) is 6.54 Å². The van der Waals surface area contributed by atoms with Crippen LogP contribution in [-0.4, -0.2) is 36.4 Å². The predicted molar refractivity (Wildman–Crippen MR) is 100 cm³/mol. The molecule has 0 aliphatic carbocycles. The van der Waals surface area contributed by atoms with Gasteiger partial charge in [0.05, 0.1) is 7.05 Å². The summed E-state index contributed by atoms with van der Waals surface area (Å²) in [5.41, 5.74) is 2.99. The Morgan fingerprint density at radius 3 is 2.65 bits per heavy atom. The van der Waals surface area contributed by atoms with E-state index in [0.717, 1.165) is 16.3 Å². The summed E-state index contributed by atoms with van der Waals surface area (Å²) >= 11 is 0. The Kier molecular flexibility index (Phi) is 6.46. The number of nitrogens with zero attached hydrogens (tertiary/aromatic N) is 1. The molecule has 26 heavy (non-hydrogen) atoms. The smallest absolute Gasteiger partial charge is 0.279 e. The number of benzene rings is 1. The van der Waals surface area contributed by atoms with E-state index in [9.17, 15) is 14.0 Å². The van der Waals surface area contributed by atoms with Crippen molar-refractivity contribution in [3.8, 4) is 0 Å². The van der Waals surface area contributed by atoms with Gasteiger partial charge in [-0.15, -0.1) is 6.58 Å². The monoisotopic (exact) mass is 358 g/mol. The van der Waals surface area contributed by atoms with Crippen molar-refractivity contribution in [2.24, 2.45) is 0 Å². The highest BCUT2D eigenvalue weighted by Crippen LogP contribution is 2.15. The number of ketones is 1. The molecular formula is C20H25FN3O2+. The molecule has 2 N–H and O–H groups in total. The summed E-state index contributed by atoms with van der Waals surface area (Å²) in [6.45, 7) is 8.58. The minimum Gasteiger partial charge on any atom is -0.345 e. The summed E-state index contributed by atoms with van der Waals surface area (Å²) in [5.74, 6) is -0.684. The maximum atomic E-state index is 13.2. The zero-order valence-electron chi connectivity index (χ0n) is 15.4. The third kappa shape index (κ3) is 4.89. The minimum atomic E-state index is -0.409. The van der Waals surface area contributed by atoms with Crippen molar-refractivity contribution in [3.63, 3.8) is 0 Å². The van der Waals surface area contributed by atoms with Crippen LogP contribution in [0.5, 0.6) is 0 Å². The Balaban J connectivity index is 1.95. The zero-order valence-corrected chi connectivity index (χ0v) is 15.4. The first-order chi connectivity index (χ1) is 12.3. The molecule has 0 aliphatic rings. The Morgan fingerprint density at radius 1 is 1.27 bits per heavy atom. The average Bonchev–Trinajstić information content (AvgIpc) is 2.83. The highest BCUT2D eigenvalue weighted by molar-refractivity contribution is 5.98. The number of quaternary nitrogens is 1. The van der Waals surface area contributed by atoms with Crippen LogP contribution in [0.2, 0.25) is 0 Å². The first kappa shape index (κ1) is 19.6. The number of aromatic nitrogens is 1. The van der Waals surface area contributed by atoms with Crippen LogP contribution in [0.25, 0.3) is 0 Å². The Bertz CT molecular complexity index is 826. The third-order valence-corrected chi connectivity index (χ3v) is 4.22. The Morgan fingerprint density at radius 2 is 2.00 bits per heavy atom. The van der Waals surface area contributed by atoms with Crippen LogP contribution in [0.4, 0.5) is 10.1 Å². The quantitative estimate of drug-likeness (QED) is 0.558. The standard InChI is InChI=1S/C20H24FN3O2/c1-5-9-24-14(2)10-18(15(24)3)19(25)12-23(4)13-20(26)22-17-8-6-7-16(21)11-17/h5-8,10-11H,1,9,12-13H2,2-4H3,(H,22,26)/p+1. The second kappa shape index (κ2) is 8.58. The van der Waals surface area contributed by atoms with Gasteiger partial charge in [-0.25, -0.2) is 4.39 Å². The number of hydrogen-bond acceptors (Lipinski definition) is 2. The Hall–Kier alpha value is -2.73. The number of aryl methyl sites for hydroxylation is 1. The number of halogens is 1. The normalized spacial score (nSPS) is 11.8. The molecule has 1 amide bonds. The molecule has 0 saturated heterocycles. The van der Waals surface area contributed by atoms with Crippen LogP contribution in [0.1, 0.15) is 21.7 Å². The summed E-state index contributed by atoms with van der Waals surface area (Å²) in [6.07, 6.45) is 1.79. The number of hydrogen-bond donors (Lipinski definition) is 2. The van der Waals surface area contributed by atoms with Gasteiger partial charge in [0, 0.05) is 29.2 Å². The van der Waals surface area contributed by atoms with Crippen LogP contribution < -0.4 is 10.2 Å². The summed E-state index contributed by atoms with van der Waals surface area (Å²) < 4.78 is 15.2. The molecule has 1 aromatic carbocycles. The highest BCUT2D eigenvalue weighted by Gasteiger charge is 2.20. The molecule has 0 spiro atoms. The number of carbonyl (C=O) groups is 2. The van der Waals surface area contributed by atoms with E-state index in [1.807, 2.05) is 24.5 Å². The van der Waals surface area contributed by atoms with Crippen LogP contribution >= 0.6 is 0 Å². The van der Waals surface area contributed by atoms with Crippen molar-refractivity contribution in [2.75, 3.05) is 25.5 Å². The molecule has 1 heterocycles. The van der Waals surface area contributed by atoms with Gasteiger partial charge < -0.3 is 14.8 Å². The lowest BCUT2D eigenvalue weighted by molar-refractivity contribution is -0.861. The summed E-state index contributed by atoms with van der Waals surface area (Å²) in [4.78, 5) is 25.4. The highest BCUT2D eigenvalue weighted by atomic mass is 19.1. The van der Waals surface area contributed by atoms with E-state index in [-0.39, 0.29) is 24.8 Å². The fraction of sp³-hybridized carbons (Fsp3) is 0.300. The van der Waals surface area contributed by atoms with Crippen molar-refractivity contribution in [2.45, 2.75) is 20.4 Å². The van der Waals surface area contributed by atoms with Crippen LogP contribution in [0.3, 0.4) is 0 Å². The zero-order chi connectivity index (χ0) is 19.3. The lowest BCUT2D eigenvalue weighted by Crippen LogP contribution is -3.11. The molecule has 0 bridgehead atoms. The second-order valence-corrected chi connectivity index (χ2v) is 6.48. The number of Topliss-reactive ketones (excluding diaryl/α,β-unsaturated/α-hetero) is 1. The van der Waals surface area contributed by atoms with Gasteiger partial charge in [-0.3, -0.25) is 9.59 Å². The van der Waals surface area contributed by atoms with Crippen LogP contribution in [-0.2, 0) is 11.3 Å². The third-order valence-electron chi connectivity index (χ3n) is 4.22. The number of allylic oxidation sites excluding steroid dienone is 1. The molecule has 1 unspecified atom stereocenters. The SMILES string of the molecule is C=CCn1c(C)cc(C(=O)C[NH+](C)CC(=O)Nc2cccc(F)c2)c1C. The second-order valence-electron chi connectivity index (χ2n) is 6.48. The first-order valence-corrected chi connectivity index (χ1v) is 8.49. The summed E-state index contributed by atoms with van der Waals surface area (Å²) in [7, 11) is 1.78. The number of anilines is 1. The molecule has 1 aromatic heterocycles. The molecule has 5 nitrogen and oxygen atoms in total. The minimum absolute atomic E-state index is 0.00975. The molecule has 2 rings (SSSR count). The fourth-order valence-corrected chi connectivity index (χ4v) is 2.97. The van der Waals surface area contributed by atoms with Crippen molar-refractivity contribution in [1.82, 2.24) is 4.57 Å². The van der Waals surface area contributed by atoms with E-state index >= 15 is 0 Å². The predicted octanol–water partition coefficient (Wildman–Crippen LogP) is 1.77. The van der Waals surface area contributed by atoms with E-state index in [2.05, 4.69) is 11.9 Å². The number of rotatable bonds is 8. The Labute approximate surface area is 153 Å². The van der Waals surface area contributed by atoms with E-state index in [4.69, 9.17) is 0 Å². The molecule has 0 fully saturated rings. The van der Waals surface area contributed by atoms with Gasteiger partial charge in [0.2, 0.25) is 5.78 Å². The van der Waals surface area contributed by atoms with Gasteiger partial charge in [-0.2, -0.15) is 0 Å². The lowest BCUT2D eigenvalue weighted by Gasteiger charge is -2.13. The average molecular weight is 358 g/mol. The molecule has 138 valence electrons. The van der Waals surface area contributed by atoms with Gasteiger partial charge in [0.25, 0.3) is 5.91 Å². The van der Waals surface area contributed by atoms with Crippen LogP contribution in [0.15, 0.2) is 43.0 Å². The molecule has 0 aliphatic heterocycles. The van der Waals surface area contributed by atoms with Gasteiger partial charge in [0.1, 0.15) is 12.4 Å². The van der Waals surface area contributed by atoms with E-state index in [0.29, 0.717) is 17.8 Å². The first-order valence-electron chi connectivity index (χ1n) is 8.49. The molecule has 2 aromatic rings. The van der Waals surface area contributed by atoms with Crippen molar-refractivity contribution in [1.29, 1.82) is 0 Å². The molecule has 1 atom stereocenters. The van der Waals surface area contributed by atoms with E-state index < -0.39 is 5.82 Å². The van der Waals surface area contributed by atoms with Gasteiger partial charge in [-0.1, -0.05) is 12.1 Å². The van der Waals surface area contributed by atoms with Crippen molar-refractivity contribution in [3.05, 3.63) is 65.8 Å². The van der Waals surface area contributed by atoms with E-state index in [1.54, 1.807) is 19.2 Å². The topological polar surface area (TPSA) is 55.5 Å².